The second-order valence-corrected chi connectivity index (χ2v) is 6.31. The van der Waals surface area contributed by atoms with Crippen LogP contribution < -0.4 is 14.8 Å². The number of carbonyl (C=O) groups is 2. The molecule has 1 N–H and O–H groups in total. The van der Waals surface area contributed by atoms with Gasteiger partial charge in [-0.15, -0.1) is 0 Å². The van der Waals surface area contributed by atoms with Crippen LogP contribution in [0.25, 0.3) is 5.69 Å². The number of hydrogen-bond acceptors (Lipinski definition) is 6. The van der Waals surface area contributed by atoms with E-state index in [1.807, 2.05) is 54.6 Å². The zero-order valence-electron chi connectivity index (χ0n) is 16.8. The normalized spacial score (nSPS) is 10.3. The van der Waals surface area contributed by atoms with E-state index in [2.05, 4.69) is 10.4 Å². The molecule has 0 aliphatic rings. The number of hydrogen-bond donors (Lipinski definition) is 1. The highest BCUT2D eigenvalue weighted by molar-refractivity contribution is 5.92. The maximum atomic E-state index is 12.4. The van der Waals surface area contributed by atoms with Crippen LogP contribution in [0, 0.1) is 0 Å². The van der Waals surface area contributed by atoms with Crippen LogP contribution in [0.15, 0.2) is 60.8 Å². The fraction of sp³-hybridized carbons (Fsp3) is 0.227. The van der Waals surface area contributed by atoms with Crippen LogP contribution >= 0.6 is 0 Å². The molecule has 1 heterocycles. The summed E-state index contributed by atoms with van der Waals surface area (Å²) in [4.78, 5) is 24.4. The van der Waals surface area contributed by atoms with Gasteiger partial charge in [-0.1, -0.05) is 36.4 Å². The topological polar surface area (TPSA) is 91.7 Å². The van der Waals surface area contributed by atoms with Crippen LogP contribution in [0.2, 0.25) is 0 Å². The Balaban J connectivity index is 1.52. The van der Waals surface area contributed by atoms with Gasteiger partial charge in [-0.3, -0.25) is 4.79 Å². The highest BCUT2D eigenvalue weighted by atomic mass is 16.5. The third-order valence-corrected chi connectivity index (χ3v) is 4.36. The molecule has 0 spiro atoms. The van der Waals surface area contributed by atoms with Gasteiger partial charge in [-0.05, 0) is 30.2 Å². The maximum absolute atomic E-state index is 12.4. The fourth-order valence-electron chi connectivity index (χ4n) is 2.86. The van der Waals surface area contributed by atoms with E-state index in [4.69, 9.17) is 14.2 Å². The van der Waals surface area contributed by atoms with Gasteiger partial charge in [-0.25, -0.2) is 9.48 Å². The Bertz CT molecular complexity index is 1000. The molecule has 1 aromatic heterocycles. The van der Waals surface area contributed by atoms with Gasteiger partial charge in [0.1, 0.15) is 5.75 Å². The first-order valence-electron chi connectivity index (χ1n) is 9.37. The molecule has 0 radical (unpaired) electrons. The standard InChI is InChI=1S/C22H23N3O5/c1-28-18-11-7-6-8-16(18)12-13-23-20(26)15-30-22(27)21-19(29-2)14-25(24-21)17-9-4-3-5-10-17/h3-11,14H,12-13,15H2,1-2H3,(H,23,26). The minimum atomic E-state index is -0.735. The molecule has 3 aromatic rings. The monoisotopic (exact) mass is 409 g/mol. The largest absolute Gasteiger partial charge is 0.496 e. The van der Waals surface area contributed by atoms with Crippen molar-refractivity contribution >= 4 is 11.9 Å². The number of aromatic nitrogens is 2. The van der Waals surface area contributed by atoms with Crippen molar-refractivity contribution in [3.8, 4) is 17.2 Å². The Kier molecular flexibility index (Phi) is 7.05. The quantitative estimate of drug-likeness (QED) is 0.546. The van der Waals surface area contributed by atoms with Gasteiger partial charge in [-0.2, -0.15) is 5.10 Å². The molecule has 0 atom stereocenters. The number of methoxy groups -OCH3 is 2. The number of amides is 1. The number of nitrogens with zero attached hydrogens (tertiary/aromatic N) is 2. The SMILES string of the molecule is COc1ccccc1CCNC(=O)COC(=O)c1nn(-c2ccccc2)cc1OC. The van der Waals surface area contributed by atoms with Gasteiger partial charge in [0.15, 0.2) is 12.4 Å². The first kappa shape index (κ1) is 20.9. The van der Waals surface area contributed by atoms with Gasteiger partial charge in [0, 0.05) is 6.54 Å². The third-order valence-electron chi connectivity index (χ3n) is 4.36. The lowest BCUT2D eigenvalue weighted by molar-refractivity contribution is -0.124. The van der Waals surface area contributed by atoms with Crippen LogP contribution in [0.4, 0.5) is 0 Å². The Morgan fingerprint density at radius 2 is 1.67 bits per heavy atom. The number of nitrogens with one attached hydrogen (secondary N) is 1. The summed E-state index contributed by atoms with van der Waals surface area (Å²) in [6.07, 6.45) is 2.18. The Morgan fingerprint density at radius 3 is 2.40 bits per heavy atom. The molecule has 8 nitrogen and oxygen atoms in total. The molecule has 3 rings (SSSR count). The van der Waals surface area contributed by atoms with Gasteiger partial charge >= 0.3 is 5.97 Å². The summed E-state index contributed by atoms with van der Waals surface area (Å²) in [5.41, 5.74) is 1.75. The predicted molar refractivity (Wildman–Crippen MR) is 110 cm³/mol. The van der Waals surface area contributed by atoms with Gasteiger partial charge < -0.3 is 19.5 Å². The number of rotatable bonds is 9. The van der Waals surface area contributed by atoms with Gasteiger partial charge in [0.25, 0.3) is 5.91 Å². The Labute approximate surface area is 174 Å². The minimum Gasteiger partial charge on any atom is -0.496 e. The van der Waals surface area contributed by atoms with Crippen LogP contribution in [0.1, 0.15) is 16.1 Å². The van der Waals surface area contributed by atoms with Gasteiger partial charge in [0.2, 0.25) is 5.69 Å². The van der Waals surface area contributed by atoms with Crippen molar-refractivity contribution in [1.29, 1.82) is 0 Å². The molecule has 0 aliphatic carbocycles. The van der Waals surface area contributed by atoms with Crippen molar-refractivity contribution in [2.45, 2.75) is 6.42 Å². The van der Waals surface area contributed by atoms with E-state index in [9.17, 15) is 9.59 Å². The average Bonchev–Trinajstić information content (AvgIpc) is 3.23. The van der Waals surface area contributed by atoms with Crippen molar-refractivity contribution in [3.63, 3.8) is 0 Å². The van der Waals surface area contributed by atoms with E-state index in [1.165, 1.54) is 11.8 Å². The van der Waals surface area contributed by atoms with E-state index in [-0.39, 0.29) is 11.4 Å². The predicted octanol–water partition coefficient (Wildman–Crippen LogP) is 2.41. The molecule has 0 saturated carbocycles. The molecule has 8 heteroatoms. The van der Waals surface area contributed by atoms with E-state index >= 15 is 0 Å². The molecular formula is C22H23N3O5. The van der Waals surface area contributed by atoms with Crippen molar-refractivity contribution in [3.05, 3.63) is 72.1 Å². The molecule has 156 valence electrons. The summed E-state index contributed by atoms with van der Waals surface area (Å²) in [5, 5.41) is 6.94. The molecule has 30 heavy (non-hydrogen) atoms. The van der Waals surface area contributed by atoms with Crippen molar-refractivity contribution in [1.82, 2.24) is 15.1 Å². The van der Waals surface area contributed by atoms with Crippen LogP contribution in [0.5, 0.6) is 11.5 Å². The molecule has 1 amide bonds. The Hall–Kier alpha value is -3.81. The highest BCUT2D eigenvalue weighted by Crippen LogP contribution is 2.20. The average molecular weight is 409 g/mol. The van der Waals surface area contributed by atoms with Crippen LogP contribution in [-0.2, 0) is 16.0 Å². The molecule has 0 aliphatic heterocycles. The van der Waals surface area contributed by atoms with E-state index in [0.29, 0.717) is 13.0 Å². The number of ether oxygens (including phenoxy) is 3. The lowest BCUT2D eigenvalue weighted by Crippen LogP contribution is -2.30. The van der Waals surface area contributed by atoms with Crippen molar-refractivity contribution < 1.29 is 23.8 Å². The summed E-state index contributed by atoms with van der Waals surface area (Å²) in [6, 6.07) is 16.9. The number of benzene rings is 2. The number of esters is 1. The third kappa shape index (κ3) is 5.16. The van der Waals surface area contributed by atoms with E-state index < -0.39 is 18.5 Å². The molecule has 2 aromatic carbocycles. The second kappa shape index (κ2) is 10.1. The summed E-state index contributed by atoms with van der Waals surface area (Å²) in [5.74, 6) is -0.110. The highest BCUT2D eigenvalue weighted by Gasteiger charge is 2.20. The smallest absolute Gasteiger partial charge is 0.363 e. The molecule has 0 unspecified atom stereocenters. The lowest BCUT2D eigenvalue weighted by Gasteiger charge is -2.09. The minimum absolute atomic E-state index is 0.00294. The van der Waals surface area contributed by atoms with Crippen LogP contribution in [0.3, 0.4) is 0 Å². The second-order valence-electron chi connectivity index (χ2n) is 6.31. The van der Waals surface area contributed by atoms with E-state index in [0.717, 1.165) is 17.0 Å². The maximum Gasteiger partial charge on any atom is 0.363 e. The fourth-order valence-corrected chi connectivity index (χ4v) is 2.86. The molecule has 0 bridgehead atoms. The zero-order valence-corrected chi connectivity index (χ0v) is 16.8. The Morgan fingerprint density at radius 1 is 0.967 bits per heavy atom. The molecule has 0 fully saturated rings. The lowest BCUT2D eigenvalue weighted by atomic mass is 10.1. The summed E-state index contributed by atoms with van der Waals surface area (Å²) in [6.45, 7) is -0.0190. The zero-order chi connectivity index (χ0) is 21.3. The number of carbonyl (C=O) groups excluding carboxylic acids is 2. The van der Waals surface area contributed by atoms with Gasteiger partial charge in [0.05, 0.1) is 26.1 Å². The number of para-hydroxylation sites is 2. The molecular weight excluding hydrogens is 386 g/mol. The summed E-state index contributed by atoms with van der Waals surface area (Å²) in [7, 11) is 3.04. The summed E-state index contributed by atoms with van der Waals surface area (Å²) < 4.78 is 17.1. The summed E-state index contributed by atoms with van der Waals surface area (Å²) >= 11 is 0. The first-order chi connectivity index (χ1) is 14.6. The molecule has 0 saturated heterocycles. The van der Waals surface area contributed by atoms with E-state index in [1.54, 1.807) is 13.3 Å². The van der Waals surface area contributed by atoms with Crippen molar-refractivity contribution in [2.24, 2.45) is 0 Å². The van der Waals surface area contributed by atoms with Crippen LogP contribution in [-0.4, -0.2) is 49.0 Å². The first-order valence-corrected chi connectivity index (χ1v) is 9.37. The van der Waals surface area contributed by atoms with Crippen molar-refractivity contribution in [2.75, 3.05) is 27.4 Å².